The van der Waals surface area contributed by atoms with Gasteiger partial charge in [0, 0.05) is 18.3 Å². The molecule has 0 saturated heterocycles. The Kier molecular flexibility index (Phi) is 4.49. The molecule has 1 amide bonds. The summed E-state index contributed by atoms with van der Waals surface area (Å²) in [6, 6.07) is 4.86. The quantitative estimate of drug-likeness (QED) is 0.667. The van der Waals surface area contributed by atoms with E-state index < -0.39 is 5.97 Å². The van der Waals surface area contributed by atoms with Gasteiger partial charge in [-0.2, -0.15) is 0 Å². The van der Waals surface area contributed by atoms with Gasteiger partial charge in [0.25, 0.3) is 5.91 Å². The largest absolute Gasteiger partial charge is 0.452 e. The van der Waals surface area contributed by atoms with E-state index in [0.717, 1.165) is 12.8 Å². The van der Waals surface area contributed by atoms with Gasteiger partial charge in [0.1, 0.15) is 0 Å². The Hall–Kier alpha value is -1.75. The monoisotopic (exact) mass is 296 g/mol. The van der Waals surface area contributed by atoms with E-state index in [1.54, 1.807) is 11.0 Å². The highest BCUT2D eigenvalue weighted by molar-refractivity contribution is 6.33. The zero-order valence-electron chi connectivity index (χ0n) is 11.3. The summed E-state index contributed by atoms with van der Waals surface area (Å²) >= 11 is 5.90. The number of carbonyl (C=O) groups is 2. The first-order valence-electron chi connectivity index (χ1n) is 6.54. The maximum absolute atomic E-state index is 11.9. The lowest BCUT2D eigenvalue weighted by molar-refractivity contribution is -0.134. The van der Waals surface area contributed by atoms with E-state index in [-0.39, 0.29) is 23.1 Å². The van der Waals surface area contributed by atoms with E-state index >= 15 is 0 Å². The van der Waals surface area contributed by atoms with Crippen LogP contribution in [0.15, 0.2) is 18.2 Å². The molecule has 6 heteroatoms. The van der Waals surface area contributed by atoms with E-state index in [1.165, 1.54) is 12.1 Å². The molecule has 0 heterocycles. The van der Waals surface area contributed by atoms with Gasteiger partial charge in [-0.3, -0.25) is 4.79 Å². The standard InChI is InChI=1S/C14H17ClN2O3/c1-2-17(10-4-5-10)13(18)8-20-14(19)11-7-9(16)3-6-12(11)15/h3,6-7,10H,2,4-5,8,16H2,1H3. The first-order chi connectivity index (χ1) is 9.52. The Labute approximate surface area is 122 Å². The van der Waals surface area contributed by atoms with Crippen LogP contribution in [-0.2, 0) is 9.53 Å². The molecule has 1 aliphatic carbocycles. The number of esters is 1. The van der Waals surface area contributed by atoms with Crippen molar-refractivity contribution in [1.29, 1.82) is 0 Å². The van der Waals surface area contributed by atoms with Gasteiger partial charge in [-0.25, -0.2) is 4.79 Å². The highest BCUT2D eigenvalue weighted by Crippen LogP contribution is 2.26. The Bertz CT molecular complexity index is 529. The summed E-state index contributed by atoms with van der Waals surface area (Å²) in [5.74, 6) is -0.814. The molecular weight excluding hydrogens is 280 g/mol. The minimum Gasteiger partial charge on any atom is -0.452 e. The minimum atomic E-state index is -0.637. The smallest absolute Gasteiger partial charge is 0.340 e. The Morgan fingerprint density at radius 1 is 1.45 bits per heavy atom. The van der Waals surface area contributed by atoms with Crippen molar-refractivity contribution in [2.75, 3.05) is 18.9 Å². The number of rotatable bonds is 5. The second-order valence-electron chi connectivity index (χ2n) is 4.73. The van der Waals surface area contributed by atoms with Crippen LogP contribution in [0.2, 0.25) is 5.02 Å². The van der Waals surface area contributed by atoms with Crippen molar-refractivity contribution < 1.29 is 14.3 Å². The number of anilines is 1. The van der Waals surface area contributed by atoms with Crippen molar-refractivity contribution in [3.05, 3.63) is 28.8 Å². The zero-order chi connectivity index (χ0) is 14.7. The topological polar surface area (TPSA) is 72.6 Å². The molecule has 0 aromatic heterocycles. The number of halogens is 1. The predicted octanol–water partition coefficient (Wildman–Crippen LogP) is 2.09. The van der Waals surface area contributed by atoms with Gasteiger partial charge in [-0.05, 0) is 38.0 Å². The maximum atomic E-state index is 11.9. The average molecular weight is 297 g/mol. The molecule has 0 atom stereocenters. The van der Waals surface area contributed by atoms with Crippen LogP contribution in [0.3, 0.4) is 0 Å². The number of nitrogens with two attached hydrogens (primary N) is 1. The van der Waals surface area contributed by atoms with Crippen LogP contribution >= 0.6 is 11.6 Å². The van der Waals surface area contributed by atoms with Crippen LogP contribution in [0.4, 0.5) is 5.69 Å². The number of nitrogens with zero attached hydrogens (tertiary/aromatic N) is 1. The van der Waals surface area contributed by atoms with Crippen LogP contribution in [0, 0.1) is 0 Å². The second kappa shape index (κ2) is 6.13. The third kappa shape index (κ3) is 3.42. The van der Waals surface area contributed by atoms with Crippen LogP contribution in [0.5, 0.6) is 0 Å². The van der Waals surface area contributed by atoms with Gasteiger partial charge in [-0.1, -0.05) is 11.6 Å². The fraction of sp³-hybridized carbons (Fsp3) is 0.429. The zero-order valence-corrected chi connectivity index (χ0v) is 12.0. The molecule has 0 radical (unpaired) electrons. The minimum absolute atomic E-state index is 0.175. The van der Waals surface area contributed by atoms with Crippen molar-refractivity contribution in [3.63, 3.8) is 0 Å². The summed E-state index contributed by atoms with van der Waals surface area (Å²) in [5.41, 5.74) is 6.19. The van der Waals surface area contributed by atoms with Crippen LogP contribution in [-0.4, -0.2) is 36.0 Å². The molecule has 1 aromatic rings. The Balaban J connectivity index is 1.94. The van der Waals surface area contributed by atoms with Gasteiger partial charge >= 0.3 is 5.97 Å². The van der Waals surface area contributed by atoms with Crippen LogP contribution in [0.1, 0.15) is 30.1 Å². The number of hydrogen-bond acceptors (Lipinski definition) is 4. The first kappa shape index (κ1) is 14.7. The third-order valence-corrected chi connectivity index (χ3v) is 3.52. The normalized spacial score (nSPS) is 13.9. The van der Waals surface area contributed by atoms with E-state index in [0.29, 0.717) is 18.3 Å². The molecular formula is C14H17ClN2O3. The molecule has 0 spiro atoms. The van der Waals surface area contributed by atoms with Crippen molar-refractivity contribution >= 4 is 29.2 Å². The lowest BCUT2D eigenvalue weighted by Crippen LogP contribution is -2.36. The van der Waals surface area contributed by atoms with Crippen LogP contribution in [0.25, 0.3) is 0 Å². The number of ether oxygens (including phenoxy) is 1. The number of hydrogen-bond donors (Lipinski definition) is 1. The predicted molar refractivity (Wildman–Crippen MR) is 76.6 cm³/mol. The molecule has 0 bridgehead atoms. The van der Waals surface area contributed by atoms with Crippen molar-refractivity contribution in [1.82, 2.24) is 4.90 Å². The maximum Gasteiger partial charge on any atom is 0.340 e. The average Bonchev–Trinajstić information content (AvgIpc) is 3.24. The van der Waals surface area contributed by atoms with Gasteiger partial charge in [0.2, 0.25) is 0 Å². The summed E-state index contributed by atoms with van der Waals surface area (Å²) < 4.78 is 5.02. The summed E-state index contributed by atoms with van der Waals surface area (Å²) in [7, 11) is 0. The van der Waals surface area contributed by atoms with Crippen LogP contribution < -0.4 is 5.73 Å². The van der Waals surface area contributed by atoms with E-state index in [2.05, 4.69) is 0 Å². The Morgan fingerprint density at radius 3 is 2.75 bits per heavy atom. The number of nitrogen functional groups attached to an aromatic ring is 1. The Morgan fingerprint density at radius 2 is 2.15 bits per heavy atom. The van der Waals surface area contributed by atoms with E-state index in [1.807, 2.05) is 6.92 Å². The second-order valence-corrected chi connectivity index (χ2v) is 5.13. The highest BCUT2D eigenvalue weighted by Gasteiger charge is 2.31. The third-order valence-electron chi connectivity index (χ3n) is 3.19. The summed E-state index contributed by atoms with van der Waals surface area (Å²) in [6.07, 6.45) is 2.04. The molecule has 1 fully saturated rings. The highest BCUT2D eigenvalue weighted by atomic mass is 35.5. The summed E-state index contributed by atoms with van der Waals surface area (Å²) in [5, 5.41) is 0.256. The number of benzene rings is 1. The molecule has 1 saturated carbocycles. The van der Waals surface area contributed by atoms with Crippen molar-refractivity contribution in [2.45, 2.75) is 25.8 Å². The van der Waals surface area contributed by atoms with Crippen molar-refractivity contribution in [2.24, 2.45) is 0 Å². The number of likely N-dealkylation sites (N-methyl/N-ethyl adjacent to an activating group) is 1. The fourth-order valence-electron chi connectivity index (χ4n) is 2.01. The fourth-order valence-corrected chi connectivity index (χ4v) is 2.21. The molecule has 1 aliphatic rings. The molecule has 0 aliphatic heterocycles. The van der Waals surface area contributed by atoms with Gasteiger partial charge < -0.3 is 15.4 Å². The molecule has 20 heavy (non-hydrogen) atoms. The lowest BCUT2D eigenvalue weighted by Gasteiger charge is -2.20. The van der Waals surface area contributed by atoms with Gasteiger partial charge in [0.05, 0.1) is 10.6 Å². The molecule has 5 nitrogen and oxygen atoms in total. The van der Waals surface area contributed by atoms with E-state index in [9.17, 15) is 9.59 Å². The van der Waals surface area contributed by atoms with Crippen molar-refractivity contribution in [3.8, 4) is 0 Å². The summed E-state index contributed by atoms with van der Waals surface area (Å²) in [4.78, 5) is 25.6. The first-order valence-corrected chi connectivity index (χ1v) is 6.92. The SMILES string of the molecule is CCN(C(=O)COC(=O)c1cc(N)ccc1Cl)C1CC1. The lowest BCUT2D eigenvalue weighted by atomic mass is 10.2. The molecule has 0 unspecified atom stereocenters. The molecule has 2 N–H and O–H groups in total. The molecule has 108 valence electrons. The number of amides is 1. The molecule has 2 rings (SSSR count). The van der Waals surface area contributed by atoms with E-state index in [4.69, 9.17) is 22.1 Å². The van der Waals surface area contributed by atoms with Gasteiger partial charge in [-0.15, -0.1) is 0 Å². The molecule has 1 aromatic carbocycles. The summed E-state index contributed by atoms with van der Waals surface area (Å²) in [6.45, 7) is 2.27. The number of carbonyl (C=O) groups excluding carboxylic acids is 2. The van der Waals surface area contributed by atoms with Gasteiger partial charge in [0.15, 0.2) is 6.61 Å².